The fourth-order valence-corrected chi connectivity index (χ4v) is 3.29. The minimum atomic E-state index is 0.156. The standard InChI is InChI=1S/C10H15N3OS/c14-9-7-15-10(11-9)13-5-4-12-3-1-2-8(12)6-13/h7-8,14H,1-6H2. The Morgan fingerprint density at radius 2 is 2.33 bits per heavy atom. The molecule has 2 aliphatic heterocycles. The third kappa shape index (κ3) is 1.70. The van der Waals surface area contributed by atoms with Crippen LogP contribution in [0, 0.1) is 0 Å². The summed E-state index contributed by atoms with van der Waals surface area (Å²) >= 11 is 1.54. The van der Waals surface area contributed by atoms with Crippen LogP contribution in [0.3, 0.4) is 0 Å². The molecule has 0 bridgehead atoms. The smallest absolute Gasteiger partial charge is 0.223 e. The van der Waals surface area contributed by atoms with Crippen LogP contribution in [0.4, 0.5) is 5.13 Å². The molecule has 2 fully saturated rings. The molecule has 5 heteroatoms. The molecule has 0 spiro atoms. The Bertz CT molecular complexity index is 354. The predicted octanol–water partition coefficient (Wildman–Crippen LogP) is 1.13. The van der Waals surface area contributed by atoms with E-state index in [0.29, 0.717) is 6.04 Å². The Morgan fingerprint density at radius 1 is 1.40 bits per heavy atom. The van der Waals surface area contributed by atoms with Crippen molar-refractivity contribution >= 4 is 16.5 Å². The number of hydrogen-bond acceptors (Lipinski definition) is 5. The lowest BCUT2D eigenvalue weighted by Gasteiger charge is -2.37. The molecule has 1 aromatic heterocycles. The predicted molar refractivity (Wildman–Crippen MR) is 60.6 cm³/mol. The fourth-order valence-electron chi connectivity index (χ4n) is 2.57. The van der Waals surface area contributed by atoms with Gasteiger partial charge in [-0.3, -0.25) is 4.90 Å². The van der Waals surface area contributed by atoms with Gasteiger partial charge in [-0.05, 0) is 19.4 Å². The van der Waals surface area contributed by atoms with Gasteiger partial charge < -0.3 is 10.0 Å². The first-order valence-electron chi connectivity index (χ1n) is 5.46. The highest BCUT2D eigenvalue weighted by Crippen LogP contribution is 2.28. The van der Waals surface area contributed by atoms with Crippen LogP contribution in [0.1, 0.15) is 12.8 Å². The summed E-state index contributed by atoms with van der Waals surface area (Å²) < 4.78 is 0. The number of aromatic hydroxyl groups is 1. The van der Waals surface area contributed by atoms with Gasteiger partial charge in [-0.15, -0.1) is 11.3 Å². The third-order valence-electron chi connectivity index (χ3n) is 3.34. The number of piperazine rings is 1. The van der Waals surface area contributed by atoms with Gasteiger partial charge in [0.05, 0.1) is 5.38 Å². The van der Waals surface area contributed by atoms with E-state index in [1.165, 1.54) is 30.7 Å². The Balaban J connectivity index is 1.73. The zero-order chi connectivity index (χ0) is 10.3. The molecule has 3 rings (SSSR count). The van der Waals surface area contributed by atoms with E-state index in [4.69, 9.17) is 0 Å². The minimum Gasteiger partial charge on any atom is -0.493 e. The van der Waals surface area contributed by atoms with Gasteiger partial charge in [0.15, 0.2) is 5.13 Å². The summed E-state index contributed by atoms with van der Waals surface area (Å²) in [7, 11) is 0. The van der Waals surface area contributed by atoms with Crippen LogP contribution in [0.5, 0.6) is 5.88 Å². The summed E-state index contributed by atoms with van der Waals surface area (Å²) in [5.41, 5.74) is 0. The molecular weight excluding hydrogens is 210 g/mol. The Hall–Kier alpha value is -0.810. The van der Waals surface area contributed by atoms with E-state index >= 15 is 0 Å². The summed E-state index contributed by atoms with van der Waals surface area (Å²) in [6, 6.07) is 0.713. The molecule has 82 valence electrons. The summed E-state index contributed by atoms with van der Waals surface area (Å²) in [6.07, 6.45) is 2.65. The van der Waals surface area contributed by atoms with E-state index in [2.05, 4.69) is 14.8 Å². The van der Waals surface area contributed by atoms with Crippen molar-refractivity contribution in [3.8, 4) is 5.88 Å². The maximum Gasteiger partial charge on any atom is 0.223 e. The van der Waals surface area contributed by atoms with Crippen LogP contribution >= 0.6 is 11.3 Å². The van der Waals surface area contributed by atoms with Crippen molar-refractivity contribution in [2.24, 2.45) is 0 Å². The quantitative estimate of drug-likeness (QED) is 0.778. The summed E-state index contributed by atoms with van der Waals surface area (Å²) in [5, 5.41) is 11.9. The molecule has 1 N–H and O–H groups in total. The number of hydrogen-bond donors (Lipinski definition) is 1. The first-order valence-corrected chi connectivity index (χ1v) is 6.34. The van der Waals surface area contributed by atoms with E-state index in [1.807, 2.05) is 0 Å². The molecule has 0 aliphatic carbocycles. The first kappa shape index (κ1) is 9.42. The van der Waals surface area contributed by atoms with Crippen molar-refractivity contribution in [1.29, 1.82) is 0 Å². The van der Waals surface area contributed by atoms with Gasteiger partial charge in [0.1, 0.15) is 0 Å². The highest BCUT2D eigenvalue weighted by atomic mass is 32.1. The number of anilines is 1. The van der Waals surface area contributed by atoms with Crippen LogP contribution in [0.15, 0.2) is 5.38 Å². The van der Waals surface area contributed by atoms with Gasteiger partial charge in [0, 0.05) is 25.7 Å². The number of rotatable bonds is 1. The summed E-state index contributed by atoms with van der Waals surface area (Å²) in [5.74, 6) is 0.156. The molecule has 1 atom stereocenters. The maximum atomic E-state index is 9.23. The van der Waals surface area contributed by atoms with Crippen molar-refractivity contribution in [2.45, 2.75) is 18.9 Å². The number of nitrogens with zero attached hydrogens (tertiary/aromatic N) is 3. The van der Waals surface area contributed by atoms with E-state index < -0.39 is 0 Å². The lowest BCUT2D eigenvalue weighted by molar-refractivity contribution is 0.231. The lowest BCUT2D eigenvalue weighted by Crippen LogP contribution is -2.50. The first-order chi connectivity index (χ1) is 7.33. The SMILES string of the molecule is Oc1csc(N2CCN3CCCC3C2)n1. The van der Waals surface area contributed by atoms with Gasteiger partial charge >= 0.3 is 0 Å². The van der Waals surface area contributed by atoms with Crippen molar-refractivity contribution < 1.29 is 5.11 Å². The normalized spacial score (nSPS) is 26.9. The molecule has 0 radical (unpaired) electrons. The highest BCUT2D eigenvalue weighted by Gasteiger charge is 2.31. The van der Waals surface area contributed by atoms with E-state index in [9.17, 15) is 5.11 Å². The zero-order valence-electron chi connectivity index (χ0n) is 8.59. The number of fused-ring (bicyclic) bond motifs is 1. The van der Waals surface area contributed by atoms with Crippen molar-refractivity contribution in [3.05, 3.63) is 5.38 Å². The Kier molecular flexibility index (Phi) is 2.29. The zero-order valence-corrected chi connectivity index (χ0v) is 9.41. The van der Waals surface area contributed by atoms with Gasteiger partial charge in [-0.2, -0.15) is 4.98 Å². The molecule has 0 aromatic carbocycles. The minimum absolute atomic E-state index is 0.156. The molecule has 0 saturated carbocycles. The average Bonchev–Trinajstić information content (AvgIpc) is 2.84. The topological polar surface area (TPSA) is 39.6 Å². The van der Waals surface area contributed by atoms with Gasteiger partial charge in [-0.25, -0.2) is 0 Å². The van der Waals surface area contributed by atoms with Crippen molar-refractivity contribution in [3.63, 3.8) is 0 Å². The van der Waals surface area contributed by atoms with Gasteiger partial charge in [-0.1, -0.05) is 0 Å². The molecule has 4 nitrogen and oxygen atoms in total. The molecule has 2 saturated heterocycles. The largest absolute Gasteiger partial charge is 0.493 e. The van der Waals surface area contributed by atoms with Crippen molar-refractivity contribution in [2.75, 3.05) is 31.1 Å². The molecule has 15 heavy (non-hydrogen) atoms. The molecule has 1 unspecified atom stereocenters. The average molecular weight is 225 g/mol. The van der Waals surface area contributed by atoms with Crippen LogP contribution in [0.25, 0.3) is 0 Å². The highest BCUT2D eigenvalue weighted by molar-refractivity contribution is 7.13. The van der Waals surface area contributed by atoms with Crippen molar-refractivity contribution in [1.82, 2.24) is 9.88 Å². The Morgan fingerprint density at radius 3 is 3.13 bits per heavy atom. The molecule has 1 aromatic rings. The van der Waals surface area contributed by atoms with Crippen LogP contribution in [-0.4, -0.2) is 47.2 Å². The number of thiazole rings is 1. The third-order valence-corrected chi connectivity index (χ3v) is 4.23. The maximum absolute atomic E-state index is 9.23. The van der Waals surface area contributed by atoms with Crippen LogP contribution in [-0.2, 0) is 0 Å². The molecular formula is C10H15N3OS. The van der Waals surface area contributed by atoms with Crippen LogP contribution < -0.4 is 4.90 Å². The van der Waals surface area contributed by atoms with Gasteiger partial charge in [0.25, 0.3) is 0 Å². The second-order valence-electron chi connectivity index (χ2n) is 4.27. The fraction of sp³-hybridized carbons (Fsp3) is 0.700. The second-order valence-corrected chi connectivity index (χ2v) is 5.10. The molecule has 2 aliphatic rings. The lowest BCUT2D eigenvalue weighted by atomic mass is 10.2. The molecule has 3 heterocycles. The molecule has 0 amide bonds. The Labute approximate surface area is 93.1 Å². The van der Waals surface area contributed by atoms with E-state index in [0.717, 1.165) is 24.8 Å². The van der Waals surface area contributed by atoms with Crippen LogP contribution in [0.2, 0.25) is 0 Å². The summed E-state index contributed by atoms with van der Waals surface area (Å²) in [4.78, 5) is 9.01. The summed E-state index contributed by atoms with van der Waals surface area (Å²) in [6.45, 7) is 4.53. The van der Waals surface area contributed by atoms with Gasteiger partial charge in [0.2, 0.25) is 5.88 Å². The van der Waals surface area contributed by atoms with E-state index in [1.54, 1.807) is 5.38 Å². The van der Waals surface area contributed by atoms with E-state index in [-0.39, 0.29) is 5.88 Å². The number of aromatic nitrogens is 1. The second kappa shape index (κ2) is 3.64. The monoisotopic (exact) mass is 225 g/mol.